The quantitative estimate of drug-likeness (QED) is 0.646. The van der Waals surface area contributed by atoms with Crippen LogP contribution in [0.1, 0.15) is 32.0 Å². The van der Waals surface area contributed by atoms with Crippen molar-refractivity contribution in [3.8, 4) is 0 Å². The molecule has 1 aromatic rings. The zero-order valence-electron chi connectivity index (χ0n) is 11.5. The highest BCUT2D eigenvalue weighted by atomic mass is 32.2. The minimum atomic E-state index is 0.128. The van der Waals surface area contributed by atoms with Gasteiger partial charge in [-0.15, -0.1) is 18.3 Å². The van der Waals surface area contributed by atoms with Crippen molar-refractivity contribution < 1.29 is 0 Å². The van der Waals surface area contributed by atoms with Crippen LogP contribution in [0.4, 0.5) is 0 Å². The molecule has 0 aromatic carbocycles. The van der Waals surface area contributed by atoms with Gasteiger partial charge in [0.05, 0.1) is 10.7 Å². The predicted octanol–water partition coefficient (Wildman–Crippen LogP) is 2.89. The first-order valence-corrected chi connectivity index (χ1v) is 6.85. The summed E-state index contributed by atoms with van der Waals surface area (Å²) >= 11 is 1.79. The molecule has 0 saturated heterocycles. The second-order valence-electron chi connectivity index (χ2n) is 5.20. The first kappa shape index (κ1) is 14.3. The zero-order valence-corrected chi connectivity index (χ0v) is 12.3. The zero-order chi connectivity index (χ0) is 13.1. The summed E-state index contributed by atoms with van der Waals surface area (Å²) < 4.78 is 1.96. The second kappa shape index (κ2) is 5.74. The summed E-state index contributed by atoms with van der Waals surface area (Å²) in [6, 6.07) is 0. The Morgan fingerprint density at radius 2 is 2.12 bits per heavy atom. The molecule has 0 aliphatic carbocycles. The van der Waals surface area contributed by atoms with Crippen LogP contribution in [-0.4, -0.2) is 21.1 Å². The van der Waals surface area contributed by atoms with E-state index >= 15 is 0 Å². The third-order valence-corrected chi connectivity index (χ3v) is 3.61. The number of nitrogens with zero attached hydrogens (tertiary/aromatic N) is 2. The van der Waals surface area contributed by atoms with E-state index in [1.165, 1.54) is 10.6 Å². The second-order valence-corrected chi connectivity index (χ2v) is 6.20. The van der Waals surface area contributed by atoms with Crippen LogP contribution in [0.25, 0.3) is 0 Å². The van der Waals surface area contributed by atoms with E-state index in [4.69, 9.17) is 0 Å². The predicted molar refractivity (Wildman–Crippen MR) is 75.5 cm³/mol. The molecule has 1 N–H and O–H groups in total. The van der Waals surface area contributed by atoms with Crippen LogP contribution >= 0.6 is 11.8 Å². The van der Waals surface area contributed by atoms with Crippen LogP contribution in [0.3, 0.4) is 0 Å². The van der Waals surface area contributed by atoms with E-state index in [0.29, 0.717) is 0 Å². The molecule has 0 atom stereocenters. The van der Waals surface area contributed by atoms with E-state index in [9.17, 15) is 0 Å². The number of aromatic nitrogens is 2. The number of nitrogens with one attached hydrogen (secondary N) is 1. The normalized spacial score (nSPS) is 11.8. The fourth-order valence-corrected chi connectivity index (χ4v) is 2.45. The highest BCUT2D eigenvalue weighted by molar-refractivity contribution is 7.99. The molecule has 96 valence electrons. The van der Waals surface area contributed by atoms with Gasteiger partial charge in [-0.25, -0.2) is 0 Å². The van der Waals surface area contributed by atoms with Crippen molar-refractivity contribution in [3.05, 3.63) is 23.9 Å². The van der Waals surface area contributed by atoms with E-state index in [2.05, 4.69) is 44.7 Å². The van der Waals surface area contributed by atoms with Crippen LogP contribution in [0.15, 0.2) is 17.7 Å². The molecule has 1 rings (SSSR count). The van der Waals surface area contributed by atoms with Crippen molar-refractivity contribution in [1.82, 2.24) is 15.1 Å². The van der Waals surface area contributed by atoms with E-state index in [0.717, 1.165) is 18.0 Å². The van der Waals surface area contributed by atoms with Gasteiger partial charge >= 0.3 is 0 Å². The van der Waals surface area contributed by atoms with Crippen molar-refractivity contribution in [1.29, 1.82) is 0 Å². The fourth-order valence-electron chi connectivity index (χ4n) is 1.56. The van der Waals surface area contributed by atoms with Gasteiger partial charge in [-0.3, -0.25) is 4.68 Å². The summed E-state index contributed by atoms with van der Waals surface area (Å²) in [5.74, 6) is 0.918. The van der Waals surface area contributed by atoms with Gasteiger partial charge in [0.2, 0.25) is 0 Å². The number of hydrogen-bond acceptors (Lipinski definition) is 3. The largest absolute Gasteiger partial charge is 0.308 e. The Kier molecular flexibility index (Phi) is 4.83. The van der Waals surface area contributed by atoms with Gasteiger partial charge in [0.1, 0.15) is 0 Å². The molecule has 1 heterocycles. The lowest BCUT2D eigenvalue weighted by Crippen LogP contribution is -2.35. The lowest BCUT2D eigenvalue weighted by atomic mass is 10.1. The number of aryl methyl sites for hydroxylation is 2. The number of thioether (sulfide) groups is 1. The Morgan fingerprint density at radius 1 is 1.47 bits per heavy atom. The molecule has 3 nitrogen and oxygen atoms in total. The van der Waals surface area contributed by atoms with Crippen molar-refractivity contribution in [2.75, 3.05) is 5.75 Å². The molecule has 0 fully saturated rings. The van der Waals surface area contributed by atoms with Gasteiger partial charge in [-0.2, -0.15) is 5.10 Å². The van der Waals surface area contributed by atoms with Crippen molar-refractivity contribution in [2.24, 2.45) is 7.05 Å². The maximum atomic E-state index is 4.49. The summed E-state index contributed by atoms with van der Waals surface area (Å²) in [4.78, 5) is 0. The molecule has 17 heavy (non-hydrogen) atoms. The highest BCUT2D eigenvalue weighted by Gasteiger charge is 2.16. The summed E-state index contributed by atoms with van der Waals surface area (Å²) in [5.41, 5.74) is 2.54. The van der Waals surface area contributed by atoms with Crippen LogP contribution in [0, 0.1) is 6.92 Å². The van der Waals surface area contributed by atoms with Crippen LogP contribution < -0.4 is 5.32 Å². The molecule has 1 aromatic heterocycles. The Hall–Kier alpha value is -0.740. The lowest BCUT2D eigenvalue weighted by Gasteiger charge is -2.20. The van der Waals surface area contributed by atoms with Crippen LogP contribution in [0.5, 0.6) is 0 Å². The molecular weight excluding hydrogens is 230 g/mol. The molecule has 0 bridgehead atoms. The maximum absolute atomic E-state index is 4.49. The standard InChI is InChI=1S/C13H23N3S/c1-7-8-17-12-11(9-14-13(3,4)5)10(2)15-16(12)6/h7,14H,1,8-9H2,2-6H3. The van der Waals surface area contributed by atoms with Crippen LogP contribution in [0.2, 0.25) is 0 Å². The summed E-state index contributed by atoms with van der Waals surface area (Å²) in [7, 11) is 2.00. The fraction of sp³-hybridized carbons (Fsp3) is 0.615. The molecular formula is C13H23N3S. The smallest absolute Gasteiger partial charge is 0.0987 e. The Balaban J connectivity index is 2.85. The van der Waals surface area contributed by atoms with E-state index < -0.39 is 0 Å². The molecule has 0 unspecified atom stereocenters. The molecule has 4 heteroatoms. The first-order chi connectivity index (χ1) is 7.85. The summed E-state index contributed by atoms with van der Waals surface area (Å²) in [6.45, 7) is 13.2. The lowest BCUT2D eigenvalue weighted by molar-refractivity contribution is 0.421. The number of hydrogen-bond donors (Lipinski definition) is 1. The third-order valence-electron chi connectivity index (χ3n) is 2.42. The topological polar surface area (TPSA) is 29.9 Å². The first-order valence-electron chi connectivity index (χ1n) is 5.86. The Bertz CT molecular complexity index is 388. The Labute approximate surface area is 109 Å². The van der Waals surface area contributed by atoms with Gasteiger partial charge in [0.15, 0.2) is 0 Å². The number of rotatable bonds is 5. The van der Waals surface area contributed by atoms with Gasteiger partial charge < -0.3 is 5.32 Å². The van der Waals surface area contributed by atoms with Gasteiger partial charge in [-0.05, 0) is 27.7 Å². The minimum Gasteiger partial charge on any atom is -0.308 e. The molecule has 0 amide bonds. The maximum Gasteiger partial charge on any atom is 0.0987 e. The molecule has 0 aliphatic heterocycles. The van der Waals surface area contributed by atoms with E-state index in [1.54, 1.807) is 11.8 Å². The molecule has 0 spiro atoms. The minimum absolute atomic E-state index is 0.128. The average Bonchev–Trinajstić information content (AvgIpc) is 2.46. The highest BCUT2D eigenvalue weighted by Crippen LogP contribution is 2.25. The van der Waals surface area contributed by atoms with Crippen molar-refractivity contribution in [3.63, 3.8) is 0 Å². The molecule has 0 saturated carbocycles. The van der Waals surface area contributed by atoms with Gasteiger partial charge in [0, 0.05) is 30.4 Å². The monoisotopic (exact) mass is 253 g/mol. The molecule has 0 radical (unpaired) electrons. The van der Waals surface area contributed by atoms with E-state index in [-0.39, 0.29) is 5.54 Å². The average molecular weight is 253 g/mol. The summed E-state index contributed by atoms with van der Waals surface area (Å²) in [5, 5.41) is 9.24. The van der Waals surface area contributed by atoms with E-state index in [1.807, 2.05) is 17.8 Å². The third kappa shape index (κ3) is 4.21. The van der Waals surface area contributed by atoms with Gasteiger partial charge in [-0.1, -0.05) is 6.08 Å². The molecule has 0 aliphatic rings. The van der Waals surface area contributed by atoms with Gasteiger partial charge in [0.25, 0.3) is 0 Å². The Morgan fingerprint density at radius 3 is 2.65 bits per heavy atom. The van der Waals surface area contributed by atoms with Crippen molar-refractivity contribution in [2.45, 2.75) is 44.8 Å². The SMILES string of the molecule is C=CCSc1c(CNC(C)(C)C)c(C)nn1C. The summed E-state index contributed by atoms with van der Waals surface area (Å²) in [6.07, 6.45) is 1.92. The van der Waals surface area contributed by atoms with Crippen LogP contribution in [-0.2, 0) is 13.6 Å². The van der Waals surface area contributed by atoms with Crippen molar-refractivity contribution >= 4 is 11.8 Å².